The molecule has 2 aromatic rings. The minimum absolute atomic E-state index is 0.0571. The van der Waals surface area contributed by atoms with Gasteiger partial charge in [-0.05, 0) is 98.1 Å². The second-order valence-electron chi connectivity index (χ2n) is 12.6. The van der Waals surface area contributed by atoms with Gasteiger partial charge in [0.2, 0.25) is 10.0 Å². The first kappa shape index (κ1) is 31.2. The van der Waals surface area contributed by atoms with Crippen LogP contribution in [0.25, 0.3) is 10.4 Å². The zero-order chi connectivity index (χ0) is 30.1. The monoisotopic (exact) mass is 606 g/mol. The molecule has 2 bridgehead atoms. The van der Waals surface area contributed by atoms with Crippen LogP contribution in [-0.2, 0) is 19.5 Å². The number of rotatable bonds is 8. The fraction of sp³-hybridized carbons (Fsp3) is 0.621. The standard InChI is InChI=1S/C29H42N4O6S2/c1-16(2)38-27(34)31-21-10-11-22(24(14-21)41(36,37)33-29(5,6)7)23-15-30-26(40-23)20-12-18-8-9-19(13-20)25(18)32-28(35)39-17(3)4/h10-11,14-20,25,33H,8-9,12-13H2,1-7H3,(H,31,34)(H,32,35). The molecule has 2 aliphatic rings. The van der Waals surface area contributed by atoms with Crippen LogP contribution in [0.5, 0.6) is 0 Å². The Morgan fingerprint density at radius 3 is 2.20 bits per heavy atom. The van der Waals surface area contributed by atoms with Gasteiger partial charge in [0.1, 0.15) is 0 Å². The van der Waals surface area contributed by atoms with E-state index < -0.39 is 21.7 Å². The molecule has 2 amide bonds. The number of nitrogens with zero attached hydrogens (tertiary/aromatic N) is 1. The highest BCUT2D eigenvalue weighted by Crippen LogP contribution is 2.50. The van der Waals surface area contributed by atoms with Crippen LogP contribution < -0.4 is 15.4 Å². The van der Waals surface area contributed by atoms with E-state index in [0.29, 0.717) is 23.1 Å². The average molecular weight is 607 g/mol. The van der Waals surface area contributed by atoms with Crippen LogP contribution in [-0.4, -0.2) is 49.4 Å². The SMILES string of the molecule is CC(C)OC(=O)Nc1ccc(-c2cnc(C3CC4CCC(C3)C4NC(=O)OC(C)C)s2)c(S(=O)(=O)NC(C)(C)C)c1. The van der Waals surface area contributed by atoms with Crippen LogP contribution in [0, 0.1) is 11.8 Å². The van der Waals surface area contributed by atoms with Gasteiger partial charge in [-0.3, -0.25) is 5.32 Å². The van der Waals surface area contributed by atoms with E-state index >= 15 is 0 Å². The van der Waals surface area contributed by atoms with E-state index in [4.69, 9.17) is 14.5 Å². The van der Waals surface area contributed by atoms with Crippen molar-refractivity contribution in [1.29, 1.82) is 0 Å². The molecular weight excluding hydrogens is 564 g/mol. The molecule has 0 spiro atoms. The van der Waals surface area contributed by atoms with Gasteiger partial charge in [-0.1, -0.05) is 6.07 Å². The Kier molecular flexibility index (Phi) is 9.35. The van der Waals surface area contributed by atoms with E-state index in [-0.39, 0.29) is 35.2 Å². The first-order valence-electron chi connectivity index (χ1n) is 14.2. The maximum atomic E-state index is 13.5. The third kappa shape index (κ3) is 7.98. The molecule has 2 fully saturated rings. The smallest absolute Gasteiger partial charge is 0.411 e. The summed E-state index contributed by atoms with van der Waals surface area (Å²) in [5, 5.41) is 6.69. The zero-order valence-electron chi connectivity index (χ0n) is 24.8. The lowest BCUT2D eigenvalue weighted by Crippen LogP contribution is -2.45. The second kappa shape index (κ2) is 12.3. The molecule has 12 heteroatoms. The molecule has 0 aliphatic heterocycles. The summed E-state index contributed by atoms with van der Waals surface area (Å²) in [7, 11) is -3.94. The fourth-order valence-electron chi connectivity index (χ4n) is 5.80. The van der Waals surface area contributed by atoms with Gasteiger partial charge in [0.25, 0.3) is 0 Å². The molecule has 10 nitrogen and oxygen atoms in total. The zero-order valence-corrected chi connectivity index (χ0v) is 26.4. The third-order valence-corrected chi connectivity index (χ3v) is 10.2. The van der Waals surface area contributed by atoms with Gasteiger partial charge in [-0.15, -0.1) is 11.3 Å². The molecule has 41 heavy (non-hydrogen) atoms. The Morgan fingerprint density at radius 1 is 1.00 bits per heavy atom. The van der Waals surface area contributed by atoms with Crippen LogP contribution in [0.15, 0.2) is 29.3 Å². The van der Waals surface area contributed by atoms with Crippen molar-refractivity contribution in [2.24, 2.45) is 11.8 Å². The lowest BCUT2D eigenvalue weighted by molar-refractivity contribution is 0.103. The molecule has 2 aliphatic carbocycles. The van der Waals surface area contributed by atoms with Crippen LogP contribution in [0.1, 0.15) is 85.1 Å². The summed E-state index contributed by atoms with van der Waals surface area (Å²) in [4.78, 5) is 30.0. The van der Waals surface area contributed by atoms with Crippen molar-refractivity contribution in [2.75, 3.05) is 5.32 Å². The maximum absolute atomic E-state index is 13.5. The number of benzene rings is 1. The number of hydrogen-bond acceptors (Lipinski definition) is 8. The first-order valence-corrected chi connectivity index (χ1v) is 16.5. The van der Waals surface area contributed by atoms with E-state index in [9.17, 15) is 18.0 Å². The van der Waals surface area contributed by atoms with Gasteiger partial charge in [0, 0.05) is 34.9 Å². The summed E-state index contributed by atoms with van der Waals surface area (Å²) in [5.74, 6) is 0.951. The number of carbonyl (C=O) groups is 2. The number of amides is 2. The molecule has 2 saturated carbocycles. The van der Waals surface area contributed by atoms with Crippen molar-refractivity contribution >= 4 is 39.2 Å². The maximum Gasteiger partial charge on any atom is 0.411 e. The molecule has 0 radical (unpaired) electrons. The topological polar surface area (TPSA) is 136 Å². The number of sulfonamides is 1. The Balaban J connectivity index is 1.58. The predicted molar refractivity (Wildman–Crippen MR) is 160 cm³/mol. The Morgan fingerprint density at radius 2 is 1.61 bits per heavy atom. The Bertz CT molecular complexity index is 1350. The van der Waals surface area contributed by atoms with Crippen molar-refractivity contribution in [2.45, 2.75) is 109 Å². The summed E-state index contributed by atoms with van der Waals surface area (Å²) in [6.45, 7) is 12.5. The Labute approximate surface area is 247 Å². The van der Waals surface area contributed by atoms with Crippen LogP contribution in [0.4, 0.5) is 15.3 Å². The van der Waals surface area contributed by atoms with E-state index in [1.54, 1.807) is 52.9 Å². The summed E-state index contributed by atoms with van der Waals surface area (Å²) in [5.41, 5.74) is 0.127. The number of ether oxygens (including phenoxy) is 2. The quantitative estimate of drug-likeness (QED) is 0.323. The summed E-state index contributed by atoms with van der Waals surface area (Å²) in [6.07, 6.45) is 4.18. The van der Waals surface area contributed by atoms with Gasteiger partial charge in [-0.25, -0.2) is 27.7 Å². The number of hydrogen-bond donors (Lipinski definition) is 3. The number of thiazole rings is 1. The molecule has 1 heterocycles. The highest BCUT2D eigenvalue weighted by atomic mass is 32.2. The molecular formula is C29H42N4O6S2. The highest BCUT2D eigenvalue weighted by molar-refractivity contribution is 7.89. The largest absolute Gasteiger partial charge is 0.447 e. The van der Waals surface area contributed by atoms with Crippen molar-refractivity contribution in [3.63, 3.8) is 0 Å². The molecule has 1 aromatic heterocycles. The number of nitrogens with one attached hydrogen (secondary N) is 3. The number of carbonyl (C=O) groups excluding carboxylic acids is 2. The molecule has 0 saturated heterocycles. The van der Waals surface area contributed by atoms with Crippen LogP contribution in [0.3, 0.4) is 0 Å². The number of anilines is 1. The third-order valence-electron chi connectivity index (χ3n) is 7.16. The van der Waals surface area contributed by atoms with Gasteiger partial charge in [0.15, 0.2) is 0 Å². The summed E-state index contributed by atoms with van der Waals surface area (Å²) in [6, 6.07) is 4.93. The second-order valence-corrected chi connectivity index (χ2v) is 15.3. The normalized spacial score (nSPS) is 22.6. The summed E-state index contributed by atoms with van der Waals surface area (Å²) < 4.78 is 40.3. The lowest BCUT2D eigenvalue weighted by atomic mass is 9.77. The van der Waals surface area contributed by atoms with Crippen molar-refractivity contribution in [3.05, 3.63) is 29.4 Å². The van der Waals surface area contributed by atoms with Gasteiger partial charge in [0.05, 0.1) is 27.0 Å². The van der Waals surface area contributed by atoms with Gasteiger partial charge in [-0.2, -0.15) is 0 Å². The lowest BCUT2D eigenvalue weighted by Gasteiger charge is -2.34. The van der Waals surface area contributed by atoms with E-state index in [2.05, 4.69) is 15.4 Å². The number of alkyl carbamates (subject to hydrolysis) is 1. The Hall–Kier alpha value is -2.70. The molecule has 3 N–H and O–H groups in total. The van der Waals surface area contributed by atoms with E-state index in [1.807, 2.05) is 13.8 Å². The number of aromatic nitrogens is 1. The fourth-order valence-corrected chi connectivity index (χ4v) is 8.61. The van der Waals surface area contributed by atoms with Crippen molar-refractivity contribution < 1.29 is 27.5 Å². The highest BCUT2D eigenvalue weighted by Gasteiger charge is 2.44. The van der Waals surface area contributed by atoms with Crippen molar-refractivity contribution in [1.82, 2.24) is 15.0 Å². The average Bonchev–Trinajstić information content (AvgIpc) is 3.38. The molecule has 4 rings (SSSR count). The van der Waals surface area contributed by atoms with E-state index in [1.165, 1.54) is 17.4 Å². The van der Waals surface area contributed by atoms with Crippen LogP contribution >= 0.6 is 11.3 Å². The molecule has 1 aromatic carbocycles. The van der Waals surface area contributed by atoms with Gasteiger partial charge < -0.3 is 14.8 Å². The van der Waals surface area contributed by atoms with E-state index in [0.717, 1.165) is 35.6 Å². The minimum atomic E-state index is -3.94. The molecule has 2 unspecified atom stereocenters. The first-order chi connectivity index (χ1) is 19.1. The molecule has 2 atom stereocenters. The minimum Gasteiger partial charge on any atom is -0.447 e. The number of fused-ring (bicyclic) bond motifs is 2. The van der Waals surface area contributed by atoms with Crippen molar-refractivity contribution in [3.8, 4) is 10.4 Å². The molecule has 226 valence electrons. The summed E-state index contributed by atoms with van der Waals surface area (Å²) >= 11 is 1.50. The van der Waals surface area contributed by atoms with Crippen LogP contribution in [0.2, 0.25) is 0 Å². The predicted octanol–water partition coefficient (Wildman–Crippen LogP) is 6.25. The van der Waals surface area contributed by atoms with Gasteiger partial charge >= 0.3 is 12.2 Å².